The van der Waals surface area contributed by atoms with Crippen LogP contribution < -0.4 is 4.72 Å². The molecule has 1 N–H and O–H groups in total. The van der Waals surface area contributed by atoms with Gasteiger partial charge in [0.2, 0.25) is 0 Å². The van der Waals surface area contributed by atoms with Crippen molar-refractivity contribution in [2.75, 3.05) is 25.5 Å². The molecule has 0 aliphatic rings. The number of nitrogens with one attached hydrogen (secondary N) is 1. The molecule has 2 aromatic rings. The fourth-order valence-corrected chi connectivity index (χ4v) is 3.43. The van der Waals surface area contributed by atoms with E-state index in [2.05, 4.69) is 16.5 Å². The first-order valence-electron chi connectivity index (χ1n) is 7.78. The number of ether oxygens (including phenoxy) is 1. The Kier molecular flexibility index (Phi) is 6.36. The van der Waals surface area contributed by atoms with Crippen LogP contribution in [0.4, 0.5) is 5.69 Å². The Balaban J connectivity index is 2.10. The highest BCUT2D eigenvalue weighted by Crippen LogP contribution is 2.18. The summed E-state index contributed by atoms with van der Waals surface area (Å²) in [6, 6.07) is 16.1. The van der Waals surface area contributed by atoms with E-state index in [1.54, 1.807) is 43.5 Å². The molecule has 0 radical (unpaired) electrons. The summed E-state index contributed by atoms with van der Waals surface area (Å²) in [5.41, 5.74) is 1.60. The second-order valence-electron chi connectivity index (χ2n) is 5.84. The maximum atomic E-state index is 12.4. The number of methoxy groups -OCH3 is 1. The molecule has 0 aromatic heterocycles. The molecule has 2 rings (SSSR count). The van der Waals surface area contributed by atoms with Crippen LogP contribution in [-0.4, -0.2) is 40.1 Å². The van der Waals surface area contributed by atoms with Crippen LogP contribution in [0.3, 0.4) is 0 Å². The number of benzene rings is 2. The van der Waals surface area contributed by atoms with Crippen molar-refractivity contribution < 1.29 is 13.2 Å². The van der Waals surface area contributed by atoms with E-state index in [-0.39, 0.29) is 10.9 Å². The van der Waals surface area contributed by atoms with Crippen LogP contribution in [0, 0.1) is 0 Å². The van der Waals surface area contributed by atoms with Crippen LogP contribution in [0.15, 0.2) is 59.5 Å². The Morgan fingerprint density at radius 1 is 1.12 bits per heavy atom. The van der Waals surface area contributed by atoms with Crippen molar-refractivity contribution in [3.05, 3.63) is 60.2 Å². The summed E-state index contributed by atoms with van der Waals surface area (Å²) in [7, 11) is 0.135. The molecule has 130 valence electrons. The minimum atomic E-state index is -3.57. The maximum absolute atomic E-state index is 12.4. The van der Waals surface area contributed by atoms with Crippen LogP contribution in [0.2, 0.25) is 0 Å². The zero-order valence-electron chi connectivity index (χ0n) is 14.3. The highest BCUT2D eigenvalue weighted by molar-refractivity contribution is 7.92. The Morgan fingerprint density at radius 3 is 2.50 bits per heavy atom. The van der Waals surface area contributed by atoms with Gasteiger partial charge in [0.15, 0.2) is 0 Å². The molecule has 2 aromatic carbocycles. The second-order valence-corrected chi connectivity index (χ2v) is 7.52. The summed E-state index contributed by atoms with van der Waals surface area (Å²) in [5, 5.41) is 0. The lowest BCUT2D eigenvalue weighted by Crippen LogP contribution is -2.32. The standard InChI is InChI=1S/C18H24N2O3S/c1-15(14-23-3)20(2)13-16-8-7-9-17(12-16)19-24(21,22)18-10-5-4-6-11-18/h4-12,15,19H,13-14H2,1-3H3/t15-/m0/s1. The number of hydrogen-bond acceptors (Lipinski definition) is 4. The van der Waals surface area contributed by atoms with Gasteiger partial charge in [-0.3, -0.25) is 9.62 Å². The van der Waals surface area contributed by atoms with Crippen LogP contribution >= 0.6 is 0 Å². The summed E-state index contributed by atoms with van der Waals surface area (Å²) in [4.78, 5) is 2.41. The van der Waals surface area contributed by atoms with Crippen LogP contribution in [0.5, 0.6) is 0 Å². The van der Waals surface area contributed by atoms with E-state index in [1.807, 2.05) is 25.2 Å². The van der Waals surface area contributed by atoms with E-state index in [4.69, 9.17) is 4.74 Å². The summed E-state index contributed by atoms with van der Waals surface area (Å²) in [5.74, 6) is 0. The predicted octanol–water partition coefficient (Wildman–Crippen LogP) is 2.95. The Morgan fingerprint density at radius 2 is 1.83 bits per heavy atom. The zero-order valence-corrected chi connectivity index (χ0v) is 15.1. The fourth-order valence-electron chi connectivity index (χ4n) is 2.36. The van der Waals surface area contributed by atoms with E-state index in [0.29, 0.717) is 18.8 Å². The largest absolute Gasteiger partial charge is 0.383 e. The SMILES string of the molecule is COC[C@H](C)N(C)Cc1cccc(NS(=O)(=O)c2ccccc2)c1. The predicted molar refractivity (Wildman–Crippen MR) is 96.5 cm³/mol. The number of rotatable bonds is 8. The molecule has 0 bridgehead atoms. The fraction of sp³-hybridized carbons (Fsp3) is 0.333. The van der Waals surface area contributed by atoms with Gasteiger partial charge in [-0.2, -0.15) is 0 Å². The number of hydrogen-bond donors (Lipinski definition) is 1. The molecule has 1 atom stereocenters. The van der Waals surface area contributed by atoms with E-state index in [1.165, 1.54) is 0 Å². The first kappa shape index (κ1) is 18.4. The lowest BCUT2D eigenvalue weighted by atomic mass is 10.2. The van der Waals surface area contributed by atoms with Gasteiger partial charge in [0, 0.05) is 25.4 Å². The highest BCUT2D eigenvalue weighted by Gasteiger charge is 2.14. The van der Waals surface area contributed by atoms with Crippen molar-refractivity contribution in [2.24, 2.45) is 0 Å². The highest BCUT2D eigenvalue weighted by atomic mass is 32.2. The van der Waals surface area contributed by atoms with Crippen LogP contribution in [0.1, 0.15) is 12.5 Å². The molecule has 0 aliphatic heterocycles. The minimum Gasteiger partial charge on any atom is -0.383 e. The normalized spacial score (nSPS) is 13.0. The van der Waals surface area contributed by atoms with Gasteiger partial charge in [0.05, 0.1) is 11.5 Å². The molecule has 0 amide bonds. The lowest BCUT2D eigenvalue weighted by molar-refractivity contribution is 0.112. The maximum Gasteiger partial charge on any atom is 0.261 e. The van der Waals surface area contributed by atoms with Crippen molar-refractivity contribution in [2.45, 2.75) is 24.4 Å². The molecule has 0 fully saturated rings. The quantitative estimate of drug-likeness (QED) is 0.797. The molecule has 0 unspecified atom stereocenters. The van der Waals surface area contributed by atoms with E-state index >= 15 is 0 Å². The van der Waals surface area contributed by atoms with Gasteiger partial charge in [-0.25, -0.2) is 8.42 Å². The van der Waals surface area contributed by atoms with Gasteiger partial charge in [0.1, 0.15) is 0 Å². The molecule has 0 saturated heterocycles. The molecule has 0 spiro atoms. The number of anilines is 1. The molecular formula is C18H24N2O3S. The van der Waals surface area contributed by atoms with E-state index in [9.17, 15) is 8.42 Å². The molecule has 0 heterocycles. The third-order valence-electron chi connectivity index (χ3n) is 3.82. The Labute approximate surface area is 144 Å². The second kappa shape index (κ2) is 8.28. The Bertz CT molecular complexity index is 748. The molecule has 0 saturated carbocycles. The van der Waals surface area contributed by atoms with Gasteiger partial charge in [-0.1, -0.05) is 30.3 Å². The lowest BCUT2D eigenvalue weighted by Gasteiger charge is -2.24. The van der Waals surface area contributed by atoms with Crippen molar-refractivity contribution in [1.29, 1.82) is 0 Å². The number of sulfonamides is 1. The summed E-state index contributed by atoms with van der Waals surface area (Å²) >= 11 is 0. The first-order chi connectivity index (χ1) is 11.4. The first-order valence-corrected chi connectivity index (χ1v) is 9.26. The molecule has 6 heteroatoms. The zero-order chi connectivity index (χ0) is 17.6. The van der Waals surface area contributed by atoms with Gasteiger partial charge in [0.25, 0.3) is 10.0 Å². The average Bonchev–Trinajstić information content (AvgIpc) is 2.56. The smallest absolute Gasteiger partial charge is 0.261 e. The molecule has 24 heavy (non-hydrogen) atoms. The summed E-state index contributed by atoms with van der Waals surface area (Å²) in [6.45, 7) is 3.45. The molecular weight excluding hydrogens is 324 g/mol. The van der Waals surface area contributed by atoms with Crippen LogP contribution in [0.25, 0.3) is 0 Å². The third-order valence-corrected chi connectivity index (χ3v) is 5.22. The number of likely N-dealkylation sites (N-methyl/N-ethyl adjacent to an activating group) is 1. The van der Waals surface area contributed by atoms with Crippen molar-refractivity contribution >= 4 is 15.7 Å². The van der Waals surface area contributed by atoms with Gasteiger partial charge >= 0.3 is 0 Å². The van der Waals surface area contributed by atoms with Gasteiger partial charge < -0.3 is 4.74 Å². The number of nitrogens with zero attached hydrogens (tertiary/aromatic N) is 1. The summed E-state index contributed by atoms with van der Waals surface area (Å²) in [6.07, 6.45) is 0. The van der Waals surface area contributed by atoms with E-state index in [0.717, 1.165) is 5.56 Å². The third kappa shape index (κ3) is 5.06. The summed E-state index contributed by atoms with van der Waals surface area (Å²) < 4.78 is 32.6. The monoisotopic (exact) mass is 348 g/mol. The Hall–Kier alpha value is -1.89. The van der Waals surface area contributed by atoms with E-state index < -0.39 is 10.0 Å². The van der Waals surface area contributed by atoms with Gasteiger partial charge in [-0.05, 0) is 43.8 Å². The van der Waals surface area contributed by atoms with Crippen molar-refractivity contribution in [3.63, 3.8) is 0 Å². The van der Waals surface area contributed by atoms with Crippen LogP contribution in [-0.2, 0) is 21.3 Å². The topological polar surface area (TPSA) is 58.6 Å². The average molecular weight is 348 g/mol. The molecule has 5 nitrogen and oxygen atoms in total. The minimum absolute atomic E-state index is 0.251. The van der Waals surface area contributed by atoms with Gasteiger partial charge in [-0.15, -0.1) is 0 Å². The van der Waals surface area contributed by atoms with Crippen molar-refractivity contribution in [3.8, 4) is 0 Å². The molecule has 0 aliphatic carbocycles. The van der Waals surface area contributed by atoms with Crippen molar-refractivity contribution in [1.82, 2.24) is 4.90 Å².